The van der Waals surface area contributed by atoms with Crippen LogP contribution in [0.1, 0.15) is 60.7 Å². The normalized spacial score (nSPS) is 21.4. The maximum Gasteiger partial charge on any atom is 0.256 e. The number of benzene rings is 2. The van der Waals surface area contributed by atoms with Gasteiger partial charge in [-0.25, -0.2) is 0 Å². The van der Waals surface area contributed by atoms with Gasteiger partial charge in [0.05, 0.1) is 62.1 Å². The fraction of sp³-hybridized carbons (Fsp3) is 0.660. The maximum atomic E-state index is 14.6. The summed E-state index contributed by atoms with van der Waals surface area (Å²) in [6, 6.07) is 6.84. The van der Waals surface area contributed by atoms with Crippen LogP contribution in [-0.4, -0.2) is 154 Å². The molecule has 0 saturated carbocycles. The summed E-state index contributed by atoms with van der Waals surface area (Å²) in [6.45, 7) is 26.0. The number of carbonyl (C=O) groups excluding carboxylic acids is 4. The topological polar surface area (TPSA) is 166 Å². The lowest BCUT2D eigenvalue weighted by Crippen LogP contribution is -2.45. The summed E-state index contributed by atoms with van der Waals surface area (Å²) < 4.78 is 43.1. The highest BCUT2D eigenvalue weighted by atomic mass is 28.4. The summed E-state index contributed by atoms with van der Waals surface area (Å²) >= 11 is 0. The highest BCUT2D eigenvalue weighted by molar-refractivity contribution is 6.76. The molecule has 4 aliphatic heterocycles. The number of rotatable bonds is 20. The van der Waals surface area contributed by atoms with Crippen molar-refractivity contribution in [2.45, 2.75) is 134 Å². The number of ether oxygens (including phenoxy) is 6. The Labute approximate surface area is 394 Å². The molecule has 6 rings (SSSR count). The summed E-state index contributed by atoms with van der Waals surface area (Å²) in [4.78, 5) is 63.1. The molecule has 66 heavy (non-hydrogen) atoms. The van der Waals surface area contributed by atoms with Gasteiger partial charge in [-0.1, -0.05) is 60.1 Å². The summed E-state index contributed by atoms with van der Waals surface area (Å²) in [5.74, 6) is 0.107. The SMILES string of the molecule is COc1cc2c(cc1OCCCOc1cc3c(cc1OC)C(=O)N1C[C@H](O[Si](C)(C)C(C)(C)C)C[C@H]1C(=O)N3COCC[Si](C)(C)C)N(COCC[Si](C)(C)C)C(=O)[C@@H]1C[C@@H](O)CN1C2=O. The molecule has 4 atom stereocenters. The van der Waals surface area contributed by atoms with Crippen molar-refractivity contribution in [3.05, 3.63) is 35.4 Å². The Morgan fingerprint density at radius 3 is 1.48 bits per heavy atom. The zero-order valence-electron chi connectivity index (χ0n) is 41.5. The molecule has 0 unspecified atom stereocenters. The maximum absolute atomic E-state index is 14.6. The average molecular weight is 971 g/mol. The fourth-order valence-corrected chi connectivity index (χ4v) is 11.2. The third-order valence-corrected chi connectivity index (χ3v) is 21.2. The Morgan fingerprint density at radius 2 is 1.06 bits per heavy atom. The second kappa shape index (κ2) is 20.3. The number of hydrogen-bond donors (Lipinski definition) is 1. The molecule has 0 radical (unpaired) electrons. The lowest BCUT2D eigenvalue weighted by atomic mass is 10.1. The van der Waals surface area contributed by atoms with Crippen LogP contribution in [0, 0.1) is 0 Å². The lowest BCUT2D eigenvalue weighted by Gasteiger charge is -2.38. The molecule has 2 aromatic carbocycles. The minimum Gasteiger partial charge on any atom is -0.493 e. The first-order valence-corrected chi connectivity index (χ1v) is 33.6. The first-order valence-electron chi connectivity index (χ1n) is 23.3. The second-order valence-corrected chi connectivity index (χ2v) is 37.9. The van der Waals surface area contributed by atoms with Crippen LogP contribution in [0.5, 0.6) is 23.0 Å². The number of aliphatic hydroxyl groups excluding tert-OH is 1. The molecule has 1 N–H and O–H groups in total. The Morgan fingerprint density at radius 1 is 0.621 bits per heavy atom. The van der Waals surface area contributed by atoms with E-state index in [-0.39, 0.29) is 80.0 Å². The van der Waals surface area contributed by atoms with Crippen LogP contribution in [-0.2, 0) is 23.5 Å². The molecule has 0 spiro atoms. The van der Waals surface area contributed by atoms with Crippen molar-refractivity contribution in [1.82, 2.24) is 9.80 Å². The van der Waals surface area contributed by atoms with Gasteiger partial charge in [0, 0.05) is 73.8 Å². The largest absolute Gasteiger partial charge is 0.493 e. The standard InChI is InChI=1S/C47H74N4O12Si3/c1-47(2,3)66(12,13)63-32-22-38-46(56)51(30-60-18-20-65(9,10)11)36-26-42(40(58-5)24-34(36)44(54)49(38)28-32)62-16-14-15-61-41-25-35-33(23-39(41)57-4)43(53)48-27-31(52)21-37(48)45(55)50(35)29-59-17-19-64(6,7)8/h23-26,31-32,37-38,52H,14-22,27-30H2,1-13H3/t31-,32-,37+,38+/m1/s1. The van der Waals surface area contributed by atoms with Crippen LogP contribution in [0.25, 0.3) is 0 Å². The fourth-order valence-electron chi connectivity index (χ4n) is 8.30. The zero-order valence-corrected chi connectivity index (χ0v) is 44.5. The molecule has 4 amide bonds. The molecular formula is C47H74N4O12Si3. The van der Waals surface area contributed by atoms with Gasteiger partial charge in [0.1, 0.15) is 25.5 Å². The van der Waals surface area contributed by atoms with Gasteiger partial charge >= 0.3 is 0 Å². The summed E-state index contributed by atoms with van der Waals surface area (Å²) in [5, 5.41) is 10.4. The van der Waals surface area contributed by atoms with E-state index in [2.05, 4.69) is 73.1 Å². The van der Waals surface area contributed by atoms with Crippen LogP contribution >= 0.6 is 0 Å². The van der Waals surface area contributed by atoms with Crippen LogP contribution in [0.15, 0.2) is 24.3 Å². The molecule has 2 saturated heterocycles. The van der Waals surface area contributed by atoms with Crippen molar-refractivity contribution in [3.63, 3.8) is 0 Å². The van der Waals surface area contributed by atoms with Crippen molar-refractivity contribution >= 4 is 59.5 Å². The summed E-state index contributed by atoms with van der Waals surface area (Å²) in [6.07, 6.45) is -0.150. The van der Waals surface area contributed by atoms with Crippen LogP contribution < -0.4 is 28.7 Å². The second-order valence-electron chi connectivity index (χ2n) is 21.9. The van der Waals surface area contributed by atoms with E-state index in [1.165, 1.54) is 24.0 Å². The van der Waals surface area contributed by atoms with Gasteiger partial charge in [0.25, 0.3) is 23.6 Å². The third kappa shape index (κ3) is 11.6. The van der Waals surface area contributed by atoms with Crippen molar-refractivity contribution in [2.75, 3.05) is 77.0 Å². The van der Waals surface area contributed by atoms with Gasteiger partial charge in [0.2, 0.25) is 0 Å². The number of carbonyl (C=O) groups is 4. The van der Waals surface area contributed by atoms with E-state index >= 15 is 0 Å². The van der Waals surface area contributed by atoms with E-state index < -0.39 is 42.7 Å². The summed E-state index contributed by atoms with van der Waals surface area (Å²) in [7, 11) is -2.05. The van der Waals surface area contributed by atoms with Crippen molar-refractivity contribution in [2.24, 2.45) is 0 Å². The quantitative estimate of drug-likeness (QED) is 0.106. The molecular weight excluding hydrogens is 897 g/mol. The van der Waals surface area contributed by atoms with Gasteiger partial charge < -0.3 is 47.8 Å². The van der Waals surface area contributed by atoms with Gasteiger partial charge in [-0.15, -0.1) is 0 Å². The van der Waals surface area contributed by atoms with E-state index in [1.54, 1.807) is 34.1 Å². The van der Waals surface area contributed by atoms with E-state index in [9.17, 15) is 24.3 Å². The van der Waals surface area contributed by atoms with Gasteiger partial charge in [-0.2, -0.15) is 0 Å². The van der Waals surface area contributed by atoms with Crippen molar-refractivity contribution in [3.8, 4) is 23.0 Å². The zero-order chi connectivity index (χ0) is 48.5. The highest BCUT2D eigenvalue weighted by Gasteiger charge is 2.50. The van der Waals surface area contributed by atoms with Gasteiger partial charge in [-0.3, -0.25) is 29.0 Å². The predicted octanol–water partition coefficient (Wildman–Crippen LogP) is 7.05. The molecule has 4 heterocycles. The molecule has 16 nitrogen and oxygen atoms in total. The van der Waals surface area contributed by atoms with E-state index in [0.717, 1.165) is 12.1 Å². The number of hydrogen-bond acceptors (Lipinski definition) is 12. The monoisotopic (exact) mass is 970 g/mol. The lowest BCUT2D eigenvalue weighted by molar-refractivity contribution is -0.124. The Bertz CT molecular complexity index is 2120. The first-order chi connectivity index (χ1) is 30.8. The van der Waals surface area contributed by atoms with Gasteiger partial charge in [-0.05, 0) is 42.4 Å². The van der Waals surface area contributed by atoms with Gasteiger partial charge in [0.15, 0.2) is 31.3 Å². The number of methoxy groups -OCH3 is 2. The van der Waals surface area contributed by atoms with Crippen LogP contribution in [0.4, 0.5) is 11.4 Å². The minimum atomic E-state index is -2.20. The van der Waals surface area contributed by atoms with E-state index in [4.69, 9.17) is 32.8 Å². The third-order valence-electron chi connectivity index (χ3n) is 13.3. The van der Waals surface area contributed by atoms with E-state index in [1.807, 2.05) is 0 Å². The molecule has 2 aromatic rings. The smallest absolute Gasteiger partial charge is 0.256 e. The van der Waals surface area contributed by atoms with Crippen molar-refractivity contribution < 1.29 is 57.1 Å². The molecule has 0 bridgehead atoms. The minimum absolute atomic E-state index is 0.0240. The number of amides is 4. The highest BCUT2D eigenvalue weighted by Crippen LogP contribution is 2.44. The molecule has 4 aliphatic rings. The Hall–Kier alpha value is -3.99. The predicted molar refractivity (Wildman–Crippen MR) is 261 cm³/mol. The van der Waals surface area contributed by atoms with Crippen LogP contribution in [0.2, 0.25) is 69.5 Å². The first kappa shape index (κ1) is 51.4. The van der Waals surface area contributed by atoms with Crippen LogP contribution in [0.3, 0.4) is 0 Å². The Balaban J connectivity index is 1.20. The van der Waals surface area contributed by atoms with Crippen molar-refractivity contribution in [1.29, 1.82) is 0 Å². The summed E-state index contributed by atoms with van der Waals surface area (Å²) in [5.41, 5.74) is 1.31. The number of anilines is 2. The molecule has 366 valence electrons. The molecule has 0 aromatic heterocycles. The average Bonchev–Trinajstić information content (AvgIpc) is 3.80. The molecule has 19 heteroatoms. The number of nitrogens with zero attached hydrogens (tertiary/aromatic N) is 4. The molecule has 0 aliphatic carbocycles. The Kier molecular flexibility index (Phi) is 15.8. The van der Waals surface area contributed by atoms with E-state index in [0.29, 0.717) is 72.5 Å². The molecule has 2 fully saturated rings. The number of fused-ring (bicyclic) bond motifs is 4. The number of aliphatic hydroxyl groups is 1.